The van der Waals surface area contributed by atoms with Crippen LogP contribution < -0.4 is 14.8 Å². The molecule has 1 amide bonds. The average molecular weight is 315 g/mol. The Morgan fingerprint density at radius 1 is 1.22 bits per heavy atom. The summed E-state index contributed by atoms with van der Waals surface area (Å²) in [7, 11) is 3.87. The van der Waals surface area contributed by atoms with Crippen LogP contribution in [0.1, 0.15) is 13.0 Å². The molecule has 7 nitrogen and oxygen atoms in total. The van der Waals surface area contributed by atoms with Crippen molar-refractivity contribution in [3.05, 3.63) is 58.9 Å². The summed E-state index contributed by atoms with van der Waals surface area (Å²) in [5, 5.41) is 13.6. The Kier molecular flexibility index (Phi) is 4.90. The highest BCUT2D eigenvalue weighted by atomic mass is 16.6. The summed E-state index contributed by atoms with van der Waals surface area (Å²) in [5.41, 5.74) is 1.09. The lowest BCUT2D eigenvalue weighted by Gasteiger charge is -2.12. The molecule has 0 unspecified atom stereocenters. The largest absolute Gasteiger partial charge is 0.377 e. The highest BCUT2D eigenvalue weighted by Gasteiger charge is 2.24. The van der Waals surface area contributed by atoms with E-state index in [4.69, 9.17) is 0 Å². The molecule has 1 atom stereocenters. The van der Waals surface area contributed by atoms with Gasteiger partial charge in [0.2, 0.25) is 6.04 Å². The van der Waals surface area contributed by atoms with Gasteiger partial charge in [0, 0.05) is 44.9 Å². The third-order valence-electron chi connectivity index (χ3n) is 3.54. The third-order valence-corrected chi connectivity index (χ3v) is 3.54. The minimum atomic E-state index is -0.515. The van der Waals surface area contributed by atoms with Crippen LogP contribution in [0.5, 0.6) is 0 Å². The van der Waals surface area contributed by atoms with Gasteiger partial charge in [-0.05, 0) is 6.07 Å². The van der Waals surface area contributed by atoms with E-state index in [0.29, 0.717) is 0 Å². The number of carbonyl (C=O) groups is 1. The lowest BCUT2D eigenvalue weighted by Crippen LogP contribution is -2.44. The molecule has 2 aromatic rings. The minimum absolute atomic E-state index is 0.124. The zero-order chi connectivity index (χ0) is 17.0. The van der Waals surface area contributed by atoms with E-state index in [1.807, 2.05) is 31.1 Å². The minimum Gasteiger partial charge on any atom is -0.377 e. The number of pyridine rings is 1. The van der Waals surface area contributed by atoms with Gasteiger partial charge in [-0.15, -0.1) is 0 Å². The predicted octanol–water partition coefficient (Wildman–Crippen LogP) is 2.15. The van der Waals surface area contributed by atoms with Gasteiger partial charge in [0.25, 0.3) is 11.6 Å². The first kappa shape index (κ1) is 16.4. The van der Waals surface area contributed by atoms with Gasteiger partial charge in [0.15, 0.2) is 12.4 Å². The topological polar surface area (TPSA) is 79.4 Å². The first-order valence-electron chi connectivity index (χ1n) is 7.12. The summed E-state index contributed by atoms with van der Waals surface area (Å²) < 4.78 is 1.75. The van der Waals surface area contributed by atoms with Crippen LogP contribution in [0.4, 0.5) is 17.1 Å². The fourth-order valence-corrected chi connectivity index (χ4v) is 2.10. The van der Waals surface area contributed by atoms with Gasteiger partial charge in [-0.1, -0.05) is 12.1 Å². The zero-order valence-electron chi connectivity index (χ0n) is 13.3. The standard InChI is InChI=1S/C16H18N4O3/c1-12(19-10-8-13(9-11-19)18(2)3)16(21)17-14-6-4-5-7-15(14)20(22)23/h4-12H,1-3H3/p+1/t12-/m0/s1. The summed E-state index contributed by atoms with van der Waals surface area (Å²) in [4.78, 5) is 24.8. The molecule has 0 saturated carbocycles. The maximum Gasteiger partial charge on any atom is 0.293 e. The van der Waals surface area contributed by atoms with Crippen molar-refractivity contribution < 1.29 is 14.3 Å². The Morgan fingerprint density at radius 3 is 2.39 bits per heavy atom. The summed E-state index contributed by atoms with van der Waals surface area (Å²) in [6.45, 7) is 1.74. The molecule has 23 heavy (non-hydrogen) atoms. The number of anilines is 2. The van der Waals surface area contributed by atoms with E-state index in [2.05, 4.69) is 5.32 Å². The van der Waals surface area contributed by atoms with Crippen LogP contribution in [0.3, 0.4) is 0 Å². The number of carbonyl (C=O) groups excluding carboxylic acids is 1. The summed E-state index contributed by atoms with van der Waals surface area (Å²) in [6.07, 6.45) is 3.61. The van der Waals surface area contributed by atoms with Crippen molar-refractivity contribution in [3.63, 3.8) is 0 Å². The van der Waals surface area contributed by atoms with Crippen LogP contribution in [0.2, 0.25) is 0 Å². The second-order valence-corrected chi connectivity index (χ2v) is 5.34. The van der Waals surface area contributed by atoms with E-state index < -0.39 is 11.0 Å². The number of nitro benzene ring substituents is 1. The number of para-hydroxylation sites is 2. The summed E-state index contributed by atoms with van der Waals surface area (Å²) in [6, 6.07) is 9.38. The molecule has 0 aliphatic rings. The van der Waals surface area contributed by atoms with Gasteiger partial charge in [-0.2, -0.15) is 4.57 Å². The van der Waals surface area contributed by atoms with E-state index in [1.165, 1.54) is 12.1 Å². The number of nitrogens with one attached hydrogen (secondary N) is 1. The molecular weight excluding hydrogens is 296 g/mol. The molecule has 1 N–H and O–H groups in total. The SMILES string of the molecule is C[C@@H](C(=O)Nc1ccccc1[N+](=O)[O-])[n+]1ccc(N(C)C)cc1. The number of benzene rings is 1. The molecule has 0 bridgehead atoms. The third kappa shape index (κ3) is 3.82. The number of hydrogen-bond donors (Lipinski definition) is 1. The van der Waals surface area contributed by atoms with Crippen molar-refractivity contribution in [3.8, 4) is 0 Å². The lowest BCUT2D eigenvalue weighted by atomic mass is 10.2. The maximum atomic E-state index is 12.3. The van der Waals surface area contributed by atoms with E-state index in [-0.39, 0.29) is 17.3 Å². The Bertz CT molecular complexity index is 714. The van der Waals surface area contributed by atoms with Crippen LogP contribution in [0.25, 0.3) is 0 Å². The van der Waals surface area contributed by atoms with Gasteiger partial charge >= 0.3 is 0 Å². The Morgan fingerprint density at radius 2 is 1.83 bits per heavy atom. The smallest absolute Gasteiger partial charge is 0.293 e. The summed E-state index contributed by atoms with van der Waals surface area (Å²) >= 11 is 0. The quantitative estimate of drug-likeness (QED) is 0.521. The van der Waals surface area contributed by atoms with Crippen molar-refractivity contribution in [1.29, 1.82) is 0 Å². The molecule has 0 aliphatic carbocycles. The lowest BCUT2D eigenvalue weighted by molar-refractivity contribution is -0.705. The second-order valence-electron chi connectivity index (χ2n) is 5.34. The number of nitro groups is 1. The van der Waals surface area contributed by atoms with Gasteiger partial charge < -0.3 is 10.2 Å². The van der Waals surface area contributed by atoms with Crippen molar-refractivity contribution >= 4 is 23.0 Å². The van der Waals surface area contributed by atoms with E-state index in [1.54, 1.807) is 36.0 Å². The Labute approximate surface area is 134 Å². The van der Waals surface area contributed by atoms with E-state index >= 15 is 0 Å². The number of rotatable bonds is 5. The molecule has 0 fully saturated rings. The predicted molar refractivity (Wildman–Crippen MR) is 87.4 cm³/mol. The molecule has 7 heteroatoms. The molecule has 0 aliphatic heterocycles. The second kappa shape index (κ2) is 6.87. The fourth-order valence-electron chi connectivity index (χ4n) is 2.10. The van der Waals surface area contributed by atoms with Gasteiger partial charge in [0.05, 0.1) is 4.92 Å². The first-order chi connectivity index (χ1) is 10.9. The first-order valence-corrected chi connectivity index (χ1v) is 7.12. The average Bonchev–Trinajstić information content (AvgIpc) is 2.54. The number of aromatic nitrogens is 1. The molecule has 1 aromatic heterocycles. The number of hydrogen-bond acceptors (Lipinski definition) is 4. The monoisotopic (exact) mass is 315 g/mol. The highest BCUT2D eigenvalue weighted by molar-refractivity contribution is 5.94. The molecule has 2 rings (SSSR count). The molecule has 1 heterocycles. The van der Waals surface area contributed by atoms with Crippen molar-refractivity contribution in [2.24, 2.45) is 0 Å². The van der Waals surface area contributed by atoms with E-state index in [9.17, 15) is 14.9 Å². The van der Waals surface area contributed by atoms with Crippen LogP contribution in [-0.4, -0.2) is 24.9 Å². The van der Waals surface area contributed by atoms with Gasteiger partial charge in [-0.25, -0.2) is 0 Å². The number of amides is 1. The van der Waals surface area contributed by atoms with Crippen LogP contribution in [0.15, 0.2) is 48.8 Å². The van der Waals surface area contributed by atoms with Gasteiger partial charge in [0.1, 0.15) is 5.69 Å². The Balaban J connectivity index is 2.16. The molecule has 0 radical (unpaired) electrons. The fraction of sp³-hybridized carbons (Fsp3) is 0.250. The molecular formula is C16H19N4O3+. The van der Waals surface area contributed by atoms with Gasteiger partial charge in [-0.3, -0.25) is 14.9 Å². The highest BCUT2D eigenvalue weighted by Crippen LogP contribution is 2.23. The van der Waals surface area contributed by atoms with Crippen molar-refractivity contribution in [2.45, 2.75) is 13.0 Å². The Hall–Kier alpha value is -2.96. The zero-order valence-corrected chi connectivity index (χ0v) is 13.3. The molecule has 1 aromatic carbocycles. The van der Waals surface area contributed by atoms with Crippen LogP contribution >= 0.6 is 0 Å². The van der Waals surface area contributed by atoms with Crippen LogP contribution in [-0.2, 0) is 4.79 Å². The van der Waals surface area contributed by atoms with Crippen molar-refractivity contribution in [2.75, 3.05) is 24.3 Å². The molecule has 120 valence electrons. The number of nitrogens with zero attached hydrogens (tertiary/aromatic N) is 3. The normalized spacial score (nSPS) is 11.6. The van der Waals surface area contributed by atoms with Crippen LogP contribution in [0, 0.1) is 10.1 Å². The summed E-state index contributed by atoms with van der Waals surface area (Å²) in [5.74, 6) is -0.318. The molecule has 0 saturated heterocycles. The molecule has 0 spiro atoms. The maximum absolute atomic E-state index is 12.3. The van der Waals surface area contributed by atoms with Crippen molar-refractivity contribution in [1.82, 2.24) is 0 Å². The van der Waals surface area contributed by atoms with E-state index in [0.717, 1.165) is 5.69 Å².